The lowest BCUT2D eigenvalue weighted by Crippen LogP contribution is -2.35. The maximum Gasteiger partial charge on any atom is 0.228 e. The number of rotatable bonds is 5. The molecule has 1 aromatic rings. The average molecular weight is 263 g/mol. The number of carbonyl (C=O) groups excluding carboxylic acids is 1. The topological polar surface area (TPSA) is 46.1 Å². The minimum atomic E-state index is -0.0114. The molecule has 1 aromatic heterocycles. The second kappa shape index (κ2) is 6.64. The maximum absolute atomic E-state index is 12.5. The van der Waals surface area contributed by atoms with Crippen molar-refractivity contribution in [2.75, 3.05) is 11.4 Å². The Morgan fingerprint density at radius 3 is 2.53 bits per heavy atom. The van der Waals surface area contributed by atoms with E-state index in [9.17, 15) is 4.79 Å². The summed E-state index contributed by atoms with van der Waals surface area (Å²) in [5.74, 6) is 0.913. The number of hydrogen-bond acceptors (Lipinski definition) is 3. The standard InChI is InChI=1S/C15H25N3O/c1-6-8-18(13(19)9-15(3,4)5)14-12(7-2)10-16-11-17-14/h10-11H,6-9H2,1-5H3. The van der Waals surface area contributed by atoms with Crippen LogP contribution in [0.1, 0.15) is 53.0 Å². The summed E-state index contributed by atoms with van der Waals surface area (Å²) in [5, 5.41) is 0. The van der Waals surface area contributed by atoms with Crippen LogP contribution in [0.3, 0.4) is 0 Å². The molecule has 19 heavy (non-hydrogen) atoms. The Kier molecular flexibility index (Phi) is 5.45. The van der Waals surface area contributed by atoms with E-state index in [0.29, 0.717) is 13.0 Å². The fourth-order valence-corrected chi connectivity index (χ4v) is 1.97. The SMILES string of the molecule is CCCN(C(=O)CC(C)(C)C)c1ncncc1CC. The first-order chi connectivity index (χ1) is 8.89. The fourth-order valence-electron chi connectivity index (χ4n) is 1.97. The molecule has 1 heterocycles. The summed E-state index contributed by atoms with van der Waals surface area (Å²) in [6.45, 7) is 11.1. The zero-order valence-corrected chi connectivity index (χ0v) is 12.7. The first-order valence-corrected chi connectivity index (χ1v) is 6.98. The molecule has 4 heteroatoms. The maximum atomic E-state index is 12.5. The monoisotopic (exact) mass is 263 g/mol. The van der Waals surface area contributed by atoms with Crippen LogP contribution in [-0.4, -0.2) is 22.4 Å². The van der Waals surface area contributed by atoms with Gasteiger partial charge in [0.15, 0.2) is 0 Å². The van der Waals surface area contributed by atoms with Crippen molar-refractivity contribution >= 4 is 11.7 Å². The van der Waals surface area contributed by atoms with E-state index in [0.717, 1.165) is 24.2 Å². The first kappa shape index (κ1) is 15.6. The molecule has 0 saturated heterocycles. The molecule has 0 fully saturated rings. The summed E-state index contributed by atoms with van der Waals surface area (Å²) in [6.07, 6.45) is 5.60. The van der Waals surface area contributed by atoms with Crippen LogP contribution in [0.5, 0.6) is 0 Å². The lowest BCUT2D eigenvalue weighted by Gasteiger charge is -2.26. The largest absolute Gasteiger partial charge is 0.296 e. The third-order valence-corrected chi connectivity index (χ3v) is 2.83. The number of aromatic nitrogens is 2. The van der Waals surface area contributed by atoms with Crippen LogP contribution in [0.2, 0.25) is 0 Å². The minimum Gasteiger partial charge on any atom is -0.296 e. The fraction of sp³-hybridized carbons (Fsp3) is 0.667. The Morgan fingerprint density at radius 2 is 2.00 bits per heavy atom. The Balaban J connectivity index is 3.03. The number of aryl methyl sites for hydroxylation is 1. The van der Waals surface area contributed by atoms with Crippen molar-refractivity contribution in [2.45, 2.75) is 53.9 Å². The third-order valence-electron chi connectivity index (χ3n) is 2.83. The van der Waals surface area contributed by atoms with E-state index < -0.39 is 0 Å². The van der Waals surface area contributed by atoms with E-state index in [2.05, 4.69) is 44.6 Å². The van der Waals surface area contributed by atoms with Crippen molar-refractivity contribution in [3.05, 3.63) is 18.1 Å². The van der Waals surface area contributed by atoms with E-state index in [1.54, 1.807) is 6.20 Å². The van der Waals surface area contributed by atoms with Crippen molar-refractivity contribution in [1.29, 1.82) is 0 Å². The summed E-state index contributed by atoms with van der Waals surface area (Å²) in [7, 11) is 0. The zero-order valence-electron chi connectivity index (χ0n) is 12.7. The molecule has 0 aromatic carbocycles. The quantitative estimate of drug-likeness (QED) is 0.819. The normalized spacial score (nSPS) is 11.4. The molecule has 0 aliphatic rings. The second-order valence-corrected chi connectivity index (χ2v) is 6.01. The molecule has 1 rings (SSSR count). The minimum absolute atomic E-state index is 0.0114. The average Bonchev–Trinajstić information content (AvgIpc) is 2.33. The van der Waals surface area contributed by atoms with Gasteiger partial charge in [-0.1, -0.05) is 34.6 Å². The molecule has 0 aliphatic heterocycles. The van der Waals surface area contributed by atoms with E-state index in [-0.39, 0.29) is 11.3 Å². The van der Waals surface area contributed by atoms with Gasteiger partial charge in [-0.15, -0.1) is 0 Å². The molecule has 0 atom stereocenters. The summed E-state index contributed by atoms with van der Waals surface area (Å²) in [6, 6.07) is 0. The van der Waals surface area contributed by atoms with Gasteiger partial charge in [0.2, 0.25) is 5.91 Å². The predicted molar refractivity (Wildman–Crippen MR) is 78.1 cm³/mol. The highest BCUT2D eigenvalue weighted by Crippen LogP contribution is 2.24. The molecule has 0 spiro atoms. The van der Waals surface area contributed by atoms with Gasteiger partial charge in [-0.2, -0.15) is 0 Å². The highest BCUT2D eigenvalue weighted by Gasteiger charge is 2.23. The molecule has 0 unspecified atom stereocenters. The van der Waals surface area contributed by atoms with Gasteiger partial charge in [-0.3, -0.25) is 9.69 Å². The molecule has 0 N–H and O–H groups in total. The Bertz CT molecular complexity index is 424. The number of nitrogens with zero attached hydrogens (tertiary/aromatic N) is 3. The summed E-state index contributed by atoms with van der Waals surface area (Å²) < 4.78 is 0. The third kappa shape index (κ3) is 4.62. The molecule has 4 nitrogen and oxygen atoms in total. The highest BCUT2D eigenvalue weighted by atomic mass is 16.2. The number of hydrogen-bond donors (Lipinski definition) is 0. The predicted octanol–water partition coefficient (Wildman–Crippen LogP) is 3.22. The van der Waals surface area contributed by atoms with Gasteiger partial charge in [0.25, 0.3) is 0 Å². The molecular weight excluding hydrogens is 238 g/mol. The van der Waals surface area contributed by atoms with Crippen LogP contribution in [-0.2, 0) is 11.2 Å². The Hall–Kier alpha value is -1.45. The van der Waals surface area contributed by atoms with Gasteiger partial charge < -0.3 is 0 Å². The second-order valence-electron chi connectivity index (χ2n) is 6.01. The smallest absolute Gasteiger partial charge is 0.228 e. The van der Waals surface area contributed by atoms with Crippen LogP contribution in [0, 0.1) is 5.41 Å². The van der Waals surface area contributed by atoms with Crippen LogP contribution >= 0.6 is 0 Å². The van der Waals surface area contributed by atoms with Crippen molar-refractivity contribution in [2.24, 2.45) is 5.41 Å². The Morgan fingerprint density at radius 1 is 1.32 bits per heavy atom. The van der Waals surface area contributed by atoms with Gasteiger partial charge >= 0.3 is 0 Å². The zero-order chi connectivity index (χ0) is 14.5. The van der Waals surface area contributed by atoms with Gasteiger partial charge in [-0.05, 0) is 18.3 Å². The van der Waals surface area contributed by atoms with Gasteiger partial charge in [0.05, 0.1) is 0 Å². The molecule has 0 saturated carbocycles. The van der Waals surface area contributed by atoms with E-state index in [1.807, 2.05) is 4.90 Å². The molecule has 0 radical (unpaired) electrons. The van der Waals surface area contributed by atoms with E-state index in [4.69, 9.17) is 0 Å². The number of carbonyl (C=O) groups is 1. The van der Waals surface area contributed by atoms with Gasteiger partial charge in [0.1, 0.15) is 12.1 Å². The molecular formula is C15H25N3O. The van der Waals surface area contributed by atoms with Gasteiger partial charge in [0, 0.05) is 24.7 Å². The van der Waals surface area contributed by atoms with E-state index >= 15 is 0 Å². The van der Waals surface area contributed by atoms with Crippen molar-refractivity contribution in [3.63, 3.8) is 0 Å². The molecule has 106 valence electrons. The number of amides is 1. The van der Waals surface area contributed by atoms with Crippen molar-refractivity contribution < 1.29 is 4.79 Å². The molecule has 0 bridgehead atoms. The van der Waals surface area contributed by atoms with Crippen LogP contribution in [0.15, 0.2) is 12.5 Å². The van der Waals surface area contributed by atoms with Crippen LogP contribution < -0.4 is 4.90 Å². The summed E-state index contributed by atoms with van der Waals surface area (Å²) >= 11 is 0. The van der Waals surface area contributed by atoms with Crippen LogP contribution in [0.25, 0.3) is 0 Å². The molecule has 1 amide bonds. The highest BCUT2D eigenvalue weighted by molar-refractivity contribution is 5.93. The van der Waals surface area contributed by atoms with Crippen molar-refractivity contribution in [3.8, 4) is 0 Å². The van der Waals surface area contributed by atoms with E-state index in [1.165, 1.54) is 6.33 Å². The number of anilines is 1. The summed E-state index contributed by atoms with van der Waals surface area (Å²) in [5.41, 5.74) is 1.01. The van der Waals surface area contributed by atoms with Crippen molar-refractivity contribution in [1.82, 2.24) is 9.97 Å². The lowest BCUT2D eigenvalue weighted by molar-refractivity contribution is -0.120. The van der Waals surface area contributed by atoms with Gasteiger partial charge in [-0.25, -0.2) is 9.97 Å². The summed E-state index contributed by atoms with van der Waals surface area (Å²) in [4.78, 5) is 22.7. The molecule has 0 aliphatic carbocycles. The van der Waals surface area contributed by atoms with Crippen LogP contribution in [0.4, 0.5) is 5.82 Å². The first-order valence-electron chi connectivity index (χ1n) is 6.98. The Labute approximate surface area is 116 Å². The lowest BCUT2D eigenvalue weighted by atomic mass is 9.91.